The molecule has 0 radical (unpaired) electrons. The number of nitrogens with one attached hydrogen (secondary N) is 1. The van der Waals surface area contributed by atoms with Crippen molar-refractivity contribution in [2.75, 3.05) is 6.54 Å². The van der Waals surface area contributed by atoms with Crippen molar-refractivity contribution in [1.82, 2.24) is 9.88 Å². The Bertz CT molecular complexity index is 1040. The molecule has 0 bridgehead atoms. The molecule has 25 heavy (non-hydrogen) atoms. The zero-order chi connectivity index (χ0) is 17.0. The van der Waals surface area contributed by atoms with Crippen LogP contribution in [0.3, 0.4) is 0 Å². The normalized spacial score (nSPS) is 22.1. The summed E-state index contributed by atoms with van der Waals surface area (Å²) >= 11 is 0. The SMILES string of the molecule is O=C1c2c(c(=O)[nH]c3ccccc23)[C@H](c2ccccc2)[C@@H]2CCCN12. The predicted octanol–water partition coefficient (Wildman–Crippen LogP) is 3.28. The van der Waals surface area contributed by atoms with E-state index in [-0.39, 0.29) is 23.4 Å². The van der Waals surface area contributed by atoms with Gasteiger partial charge in [0, 0.05) is 35.0 Å². The van der Waals surface area contributed by atoms with Crippen molar-refractivity contribution in [2.45, 2.75) is 24.8 Å². The van der Waals surface area contributed by atoms with E-state index in [9.17, 15) is 9.59 Å². The summed E-state index contributed by atoms with van der Waals surface area (Å²) in [4.78, 5) is 31.2. The number of H-pyrrole nitrogens is 1. The topological polar surface area (TPSA) is 53.2 Å². The molecule has 3 heterocycles. The van der Waals surface area contributed by atoms with Crippen LogP contribution < -0.4 is 5.56 Å². The lowest BCUT2D eigenvalue weighted by Crippen LogP contribution is -2.47. The van der Waals surface area contributed by atoms with Gasteiger partial charge in [-0.1, -0.05) is 48.5 Å². The molecule has 0 spiro atoms. The van der Waals surface area contributed by atoms with Gasteiger partial charge in [-0.3, -0.25) is 9.59 Å². The summed E-state index contributed by atoms with van der Waals surface area (Å²) in [7, 11) is 0. The van der Waals surface area contributed by atoms with Gasteiger partial charge in [-0.05, 0) is 24.5 Å². The van der Waals surface area contributed by atoms with Gasteiger partial charge in [0.25, 0.3) is 11.5 Å². The number of fused-ring (bicyclic) bond motifs is 4. The van der Waals surface area contributed by atoms with Gasteiger partial charge >= 0.3 is 0 Å². The van der Waals surface area contributed by atoms with Crippen molar-refractivity contribution in [3.05, 3.63) is 81.6 Å². The molecule has 5 rings (SSSR count). The average molecular weight is 330 g/mol. The third-order valence-corrected chi connectivity index (χ3v) is 5.59. The van der Waals surface area contributed by atoms with Crippen molar-refractivity contribution in [3.63, 3.8) is 0 Å². The van der Waals surface area contributed by atoms with Crippen LogP contribution in [0.5, 0.6) is 0 Å². The summed E-state index contributed by atoms with van der Waals surface area (Å²) < 4.78 is 0. The molecule has 0 unspecified atom stereocenters. The molecule has 2 aliphatic heterocycles. The van der Waals surface area contributed by atoms with Crippen LogP contribution in [-0.4, -0.2) is 28.4 Å². The first-order valence-corrected chi connectivity index (χ1v) is 8.76. The first-order chi connectivity index (χ1) is 12.3. The van der Waals surface area contributed by atoms with E-state index in [1.807, 2.05) is 47.4 Å². The fourth-order valence-electron chi connectivity index (χ4n) is 4.56. The van der Waals surface area contributed by atoms with Crippen molar-refractivity contribution < 1.29 is 4.79 Å². The molecule has 4 nitrogen and oxygen atoms in total. The fraction of sp³-hybridized carbons (Fsp3) is 0.238. The molecule has 1 amide bonds. The smallest absolute Gasteiger partial charge is 0.255 e. The molecule has 1 N–H and O–H groups in total. The number of para-hydroxylation sites is 1. The number of hydrogen-bond acceptors (Lipinski definition) is 2. The van der Waals surface area contributed by atoms with Gasteiger partial charge in [-0.15, -0.1) is 0 Å². The Balaban J connectivity index is 1.88. The molecule has 3 aromatic rings. The zero-order valence-corrected chi connectivity index (χ0v) is 13.7. The van der Waals surface area contributed by atoms with Gasteiger partial charge in [0.05, 0.1) is 5.56 Å². The number of aromatic nitrogens is 1. The largest absolute Gasteiger partial charge is 0.335 e. The lowest BCUT2D eigenvalue weighted by molar-refractivity contribution is 0.0700. The van der Waals surface area contributed by atoms with E-state index >= 15 is 0 Å². The Morgan fingerprint density at radius 2 is 1.72 bits per heavy atom. The van der Waals surface area contributed by atoms with Crippen LogP contribution in [0.2, 0.25) is 0 Å². The Morgan fingerprint density at radius 3 is 2.56 bits per heavy atom. The maximum atomic E-state index is 13.2. The second kappa shape index (κ2) is 5.31. The molecule has 2 atom stereocenters. The van der Waals surface area contributed by atoms with E-state index in [1.54, 1.807) is 0 Å². The Labute approximate surface area is 145 Å². The molecule has 1 fully saturated rings. The molecule has 4 heteroatoms. The number of carbonyl (C=O) groups excluding carboxylic acids is 1. The Morgan fingerprint density at radius 1 is 0.960 bits per heavy atom. The van der Waals surface area contributed by atoms with E-state index in [0.29, 0.717) is 11.1 Å². The molecule has 2 aromatic carbocycles. The van der Waals surface area contributed by atoms with Gasteiger partial charge < -0.3 is 9.88 Å². The maximum absolute atomic E-state index is 13.2. The minimum Gasteiger partial charge on any atom is -0.335 e. The number of nitrogens with zero attached hydrogens (tertiary/aromatic N) is 1. The first kappa shape index (κ1) is 14.5. The molecule has 0 saturated carbocycles. The minimum atomic E-state index is -0.137. The molecular weight excluding hydrogens is 312 g/mol. The van der Waals surface area contributed by atoms with Crippen LogP contribution >= 0.6 is 0 Å². The third-order valence-electron chi connectivity index (χ3n) is 5.59. The zero-order valence-electron chi connectivity index (χ0n) is 13.7. The Hall–Kier alpha value is -2.88. The van der Waals surface area contributed by atoms with Gasteiger partial charge in [0.2, 0.25) is 0 Å². The molecular formula is C21H18N2O2. The second-order valence-corrected chi connectivity index (χ2v) is 6.88. The van der Waals surface area contributed by atoms with Crippen LogP contribution in [0.25, 0.3) is 10.9 Å². The number of amides is 1. The number of aromatic amines is 1. The lowest BCUT2D eigenvalue weighted by Gasteiger charge is -2.38. The maximum Gasteiger partial charge on any atom is 0.255 e. The van der Waals surface area contributed by atoms with Crippen molar-refractivity contribution in [2.24, 2.45) is 0 Å². The summed E-state index contributed by atoms with van der Waals surface area (Å²) in [6, 6.07) is 17.8. The predicted molar refractivity (Wildman–Crippen MR) is 96.9 cm³/mol. The van der Waals surface area contributed by atoms with Gasteiger partial charge in [-0.2, -0.15) is 0 Å². The summed E-state index contributed by atoms with van der Waals surface area (Å²) in [5.74, 6) is -0.0586. The van der Waals surface area contributed by atoms with E-state index < -0.39 is 0 Å². The standard InChI is InChI=1S/C21H18N2O2/c24-20-19-17(13-7-2-1-3-8-13)16-11-6-12-23(16)21(25)18(19)14-9-4-5-10-15(14)22-20/h1-5,7-10,16-17H,6,11-12H2,(H,22,24)/t16-,17+/m0/s1. The van der Waals surface area contributed by atoms with E-state index in [0.717, 1.165) is 35.9 Å². The molecule has 124 valence electrons. The highest BCUT2D eigenvalue weighted by Gasteiger charge is 2.45. The average Bonchev–Trinajstić information content (AvgIpc) is 3.13. The van der Waals surface area contributed by atoms with Crippen LogP contribution in [0.4, 0.5) is 0 Å². The van der Waals surface area contributed by atoms with Crippen molar-refractivity contribution >= 4 is 16.8 Å². The first-order valence-electron chi connectivity index (χ1n) is 8.76. The number of rotatable bonds is 1. The van der Waals surface area contributed by atoms with Crippen LogP contribution in [0, 0.1) is 0 Å². The Kier molecular flexibility index (Phi) is 3.07. The quantitative estimate of drug-likeness (QED) is 0.744. The van der Waals surface area contributed by atoms with Crippen LogP contribution in [0.1, 0.15) is 40.2 Å². The summed E-state index contributed by atoms with van der Waals surface area (Å²) in [6.45, 7) is 0.771. The van der Waals surface area contributed by atoms with E-state index in [2.05, 4.69) is 17.1 Å². The number of carbonyl (C=O) groups is 1. The van der Waals surface area contributed by atoms with Crippen molar-refractivity contribution in [1.29, 1.82) is 0 Å². The monoisotopic (exact) mass is 330 g/mol. The number of pyridine rings is 1. The van der Waals surface area contributed by atoms with Crippen LogP contribution in [0.15, 0.2) is 59.4 Å². The van der Waals surface area contributed by atoms with Crippen LogP contribution in [-0.2, 0) is 0 Å². The summed E-state index contributed by atoms with van der Waals surface area (Å²) in [5, 5.41) is 0.841. The summed E-state index contributed by atoms with van der Waals surface area (Å²) in [6.07, 6.45) is 1.93. The molecule has 0 aliphatic carbocycles. The number of benzene rings is 2. The third kappa shape index (κ3) is 2.00. The molecule has 2 aliphatic rings. The van der Waals surface area contributed by atoms with Gasteiger partial charge in [-0.25, -0.2) is 0 Å². The molecule has 1 aromatic heterocycles. The van der Waals surface area contributed by atoms with Gasteiger partial charge in [0.1, 0.15) is 0 Å². The minimum absolute atomic E-state index is 0.00646. The number of hydrogen-bond donors (Lipinski definition) is 1. The lowest BCUT2D eigenvalue weighted by atomic mass is 9.78. The second-order valence-electron chi connectivity index (χ2n) is 6.88. The molecule has 1 saturated heterocycles. The highest BCUT2D eigenvalue weighted by molar-refractivity contribution is 6.08. The summed E-state index contributed by atoms with van der Waals surface area (Å²) in [5.41, 5.74) is 2.92. The van der Waals surface area contributed by atoms with E-state index in [4.69, 9.17) is 0 Å². The highest BCUT2D eigenvalue weighted by atomic mass is 16.2. The fourth-order valence-corrected chi connectivity index (χ4v) is 4.56. The van der Waals surface area contributed by atoms with Crippen molar-refractivity contribution in [3.8, 4) is 0 Å². The van der Waals surface area contributed by atoms with Gasteiger partial charge in [0.15, 0.2) is 0 Å². The highest BCUT2D eigenvalue weighted by Crippen LogP contribution is 2.42. The van der Waals surface area contributed by atoms with E-state index in [1.165, 1.54) is 0 Å².